The van der Waals surface area contributed by atoms with E-state index in [1.165, 1.54) is 51.9 Å². The molecule has 2 heteroatoms. The van der Waals surface area contributed by atoms with Gasteiger partial charge in [-0.2, -0.15) is 0 Å². The van der Waals surface area contributed by atoms with Crippen LogP contribution in [0.25, 0.3) is 0 Å². The molecule has 0 amide bonds. The molecule has 0 spiro atoms. The highest BCUT2D eigenvalue weighted by atomic mass is 15.2. The van der Waals surface area contributed by atoms with Crippen LogP contribution in [0.3, 0.4) is 0 Å². The zero-order valence-corrected chi connectivity index (χ0v) is 9.13. The molecule has 0 aliphatic carbocycles. The first kappa shape index (κ1) is 10.6. The summed E-state index contributed by atoms with van der Waals surface area (Å²) in [5, 5.41) is 0. The number of nitrogens with zero attached hydrogens (tertiary/aromatic N) is 2. The van der Waals surface area contributed by atoms with Gasteiger partial charge in [-0.1, -0.05) is 13.8 Å². The predicted octanol–water partition coefficient (Wildman–Crippen LogP) is 1.94. The van der Waals surface area contributed by atoms with Crippen LogP contribution in [0.15, 0.2) is 0 Å². The van der Waals surface area contributed by atoms with E-state index in [0.29, 0.717) is 0 Å². The topological polar surface area (TPSA) is 6.25 Å². The van der Waals surface area contributed by atoms with E-state index >= 15 is 0 Å². The van der Waals surface area contributed by atoms with Crippen molar-refractivity contribution >= 4 is 6.34 Å². The fourth-order valence-electron chi connectivity index (χ4n) is 1.95. The van der Waals surface area contributed by atoms with Crippen molar-refractivity contribution < 1.29 is 4.58 Å². The SMILES string of the molecule is C(N1CCCC1)=[N+]1CCCC1.CC. The number of hydrogen-bond donors (Lipinski definition) is 0. The molecular formula is C11H23N2+. The van der Waals surface area contributed by atoms with Crippen LogP contribution in [0.2, 0.25) is 0 Å². The van der Waals surface area contributed by atoms with Crippen LogP contribution in [-0.4, -0.2) is 42.0 Å². The second-order valence-corrected chi connectivity index (χ2v) is 3.60. The van der Waals surface area contributed by atoms with Gasteiger partial charge in [-0.3, -0.25) is 9.48 Å². The molecule has 2 rings (SSSR count). The van der Waals surface area contributed by atoms with Gasteiger partial charge in [0.05, 0.1) is 26.2 Å². The lowest BCUT2D eigenvalue weighted by atomic mass is 10.4. The smallest absolute Gasteiger partial charge is 0.234 e. The van der Waals surface area contributed by atoms with Crippen molar-refractivity contribution in [2.75, 3.05) is 26.2 Å². The molecule has 2 aliphatic heterocycles. The molecule has 2 nitrogen and oxygen atoms in total. The summed E-state index contributed by atoms with van der Waals surface area (Å²) >= 11 is 0. The average Bonchev–Trinajstić information content (AvgIpc) is 2.81. The minimum Gasteiger partial charge on any atom is -0.268 e. The van der Waals surface area contributed by atoms with Crippen molar-refractivity contribution in [3.8, 4) is 0 Å². The van der Waals surface area contributed by atoms with Gasteiger partial charge in [0.25, 0.3) is 0 Å². The maximum Gasteiger partial charge on any atom is 0.234 e. The van der Waals surface area contributed by atoms with Crippen molar-refractivity contribution in [3.05, 3.63) is 0 Å². The Bertz CT molecular complexity index is 149. The molecule has 76 valence electrons. The molecule has 0 aromatic rings. The van der Waals surface area contributed by atoms with Crippen LogP contribution in [0.1, 0.15) is 39.5 Å². The van der Waals surface area contributed by atoms with Gasteiger partial charge in [-0.15, -0.1) is 0 Å². The monoisotopic (exact) mass is 183 g/mol. The van der Waals surface area contributed by atoms with Gasteiger partial charge in [0.2, 0.25) is 6.34 Å². The van der Waals surface area contributed by atoms with Gasteiger partial charge in [0.15, 0.2) is 0 Å². The molecule has 0 aromatic carbocycles. The Labute approximate surface area is 82.2 Å². The van der Waals surface area contributed by atoms with E-state index in [1.54, 1.807) is 0 Å². The highest BCUT2D eigenvalue weighted by molar-refractivity contribution is 5.49. The zero-order chi connectivity index (χ0) is 9.52. The van der Waals surface area contributed by atoms with Gasteiger partial charge < -0.3 is 0 Å². The van der Waals surface area contributed by atoms with E-state index < -0.39 is 0 Å². The summed E-state index contributed by atoms with van der Waals surface area (Å²) in [6.07, 6.45) is 7.92. The molecule has 0 radical (unpaired) electrons. The lowest BCUT2D eigenvalue weighted by molar-refractivity contribution is -0.505. The Hall–Kier alpha value is -0.530. The first-order valence-electron chi connectivity index (χ1n) is 5.78. The van der Waals surface area contributed by atoms with Gasteiger partial charge in [0, 0.05) is 0 Å². The maximum atomic E-state index is 2.46. The third kappa shape index (κ3) is 3.37. The third-order valence-corrected chi connectivity index (χ3v) is 2.61. The Morgan fingerprint density at radius 2 is 1.46 bits per heavy atom. The maximum absolute atomic E-state index is 2.46. The van der Waals surface area contributed by atoms with Crippen molar-refractivity contribution in [2.45, 2.75) is 39.5 Å². The lowest BCUT2D eigenvalue weighted by Gasteiger charge is -2.04. The standard InChI is InChI=1S/C9H17N2.C2H6/c1-2-6-10(5-1)9-11-7-3-4-8-11;1-2/h9H,1-8H2;1-2H3/q+1;. The van der Waals surface area contributed by atoms with E-state index in [0.717, 1.165) is 0 Å². The van der Waals surface area contributed by atoms with Crippen molar-refractivity contribution in [1.29, 1.82) is 0 Å². The third-order valence-electron chi connectivity index (χ3n) is 2.61. The fourth-order valence-corrected chi connectivity index (χ4v) is 1.95. The Balaban J connectivity index is 0.000000396. The van der Waals surface area contributed by atoms with E-state index in [9.17, 15) is 0 Å². The van der Waals surface area contributed by atoms with Gasteiger partial charge in [-0.05, 0) is 25.7 Å². The molecule has 2 aliphatic rings. The summed E-state index contributed by atoms with van der Waals surface area (Å²) in [7, 11) is 0. The summed E-state index contributed by atoms with van der Waals surface area (Å²) in [4.78, 5) is 2.46. The van der Waals surface area contributed by atoms with E-state index in [1.807, 2.05) is 13.8 Å². The highest BCUT2D eigenvalue weighted by Gasteiger charge is 2.16. The van der Waals surface area contributed by atoms with Gasteiger partial charge >= 0.3 is 0 Å². The molecule has 0 unspecified atom stereocenters. The first-order chi connectivity index (χ1) is 6.45. The summed E-state index contributed by atoms with van der Waals surface area (Å²) in [5.74, 6) is 0. The van der Waals surface area contributed by atoms with Gasteiger partial charge in [0.1, 0.15) is 0 Å². The second kappa shape index (κ2) is 6.01. The van der Waals surface area contributed by atoms with Crippen LogP contribution < -0.4 is 0 Å². The second-order valence-electron chi connectivity index (χ2n) is 3.60. The highest BCUT2D eigenvalue weighted by Crippen LogP contribution is 2.06. The molecule has 0 bridgehead atoms. The zero-order valence-electron chi connectivity index (χ0n) is 9.13. The first-order valence-corrected chi connectivity index (χ1v) is 5.78. The molecule has 0 atom stereocenters. The Morgan fingerprint density at radius 3 is 2.00 bits per heavy atom. The van der Waals surface area contributed by atoms with E-state index in [-0.39, 0.29) is 0 Å². The number of rotatable bonds is 1. The number of hydrogen-bond acceptors (Lipinski definition) is 0. The molecule has 0 saturated carbocycles. The lowest BCUT2D eigenvalue weighted by Crippen LogP contribution is -2.24. The number of likely N-dealkylation sites (tertiary alicyclic amines) is 1. The van der Waals surface area contributed by atoms with Crippen LogP contribution in [0.5, 0.6) is 0 Å². The van der Waals surface area contributed by atoms with Crippen molar-refractivity contribution in [1.82, 2.24) is 4.90 Å². The quantitative estimate of drug-likeness (QED) is 0.445. The molecule has 0 N–H and O–H groups in total. The van der Waals surface area contributed by atoms with Crippen molar-refractivity contribution in [3.63, 3.8) is 0 Å². The van der Waals surface area contributed by atoms with Crippen LogP contribution >= 0.6 is 0 Å². The minimum absolute atomic E-state index is 1.29. The predicted molar refractivity (Wildman–Crippen MR) is 57.4 cm³/mol. The largest absolute Gasteiger partial charge is 0.268 e. The molecule has 2 heterocycles. The Morgan fingerprint density at radius 1 is 0.923 bits per heavy atom. The minimum atomic E-state index is 1.29. The van der Waals surface area contributed by atoms with E-state index in [2.05, 4.69) is 15.8 Å². The molecular weight excluding hydrogens is 160 g/mol. The molecule has 13 heavy (non-hydrogen) atoms. The average molecular weight is 183 g/mol. The summed E-state index contributed by atoms with van der Waals surface area (Å²) in [6.45, 7) is 9.15. The summed E-state index contributed by atoms with van der Waals surface area (Å²) in [5.41, 5.74) is 0. The summed E-state index contributed by atoms with van der Waals surface area (Å²) in [6, 6.07) is 0. The fraction of sp³-hybridized carbons (Fsp3) is 0.909. The van der Waals surface area contributed by atoms with Crippen molar-refractivity contribution in [2.24, 2.45) is 0 Å². The molecule has 2 saturated heterocycles. The normalized spacial score (nSPS) is 21.4. The van der Waals surface area contributed by atoms with Crippen LogP contribution in [0.4, 0.5) is 0 Å². The molecule has 2 fully saturated rings. The van der Waals surface area contributed by atoms with Crippen LogP contribution in [0, 0.1) is 0 Å². The molecule has 0 aromatic heterocycles. The van der Waals surface area contributed by atoms with Gasteiger partial charge in [-0.25, -0.2) is 0 Å². The van der Waals surface area contributed by atoms with E-state index in [4.69, 9.17) is 0 Å². The van der Waals surface area contributed by atoms with Crippen LogP contribution in [-0.2, 0) is 0 Å². The Kier molecular flexibility index (Phi) is 4.87. The summed E-state index contributed by atoms with van der Waals surface area (Å²) < 4.78 is 2.46.